The third-order valence-electron chi connectivity index (χ3n) is 6.28. The van der Waals surface area contributed by atoms with Gasteiger partial charge in [-0.1, -0.05) is 41.9 Å². The van der Waals surface area contributed by atoms with E-state index in [9.17, 15) is 5.11 Å². The number of aliphatic hydroxyl groups is 1. The fourth-order valence-electron chi connectivity index (χ4n) is 4.57. The molecule has 2 aliphatic rings. The van der Waals surface area contributed by atoms with Crippen LogP contribution in [0.1, 0.15) is 36.0 Å². The summed E-state index contributed by atoms with van der Waals surface area (Å²) in [6.45, 7) is 2.75. The molecule has 2 aromatic heterocycles. The SMILES string of the molecule is OC1(c2ccc(Cl)cc2)CCN(CCC=C2c3cccnc3-c3ncccc32)CC1. The Bertz CT molecular complexity index is 1040. The molecule has 1 aliphatic heterocycles. The van der Waals surface area contributed by atoms with E-state index in [1.807, 2.05) is 48.8 Å². The van der Waals surface area contributed by atoms with Crippen LogP contribution in [0.2, 0.25) is 5.02 Å². The first-order valence-corrected chi connectivity index (χ1v) is 10.8. The Hall–Kier alpha value is -2.53. The van der Waals surface area contributed by atoms with E-state index in [2.05, 4.69) is 33.1 Å². The monoisotopic (exact) mass is 417 g/mol. The molecule has 0 radical (unpaired) electrons. The van der Waals surface area contributed by atoms with E-state index in [1.54, 1.807) is 0 Å². The Labute approximate surface area is 181 Å². The van der Waals surface area contributed by atoms with E-state index >= 15 is 0 Å². The molecule has 1 saturated heterocycles. The van der Waals surface area contributed by atoms with Crippen LogP contribution in [0.25, 0.3) is 17.0 Å². The summed E-state index contributed by atoms with van der Waals surface area (Å²) < 4.78 is 0. The number of hydrogen-bond donors (Lipinski definition) is 1. The second-order valence-corrected chi connectivity index (χ2v) is 8.52. The Morgan fingerprint density at radius 2 is 1.53 bits per heavy atom. The second kappa shape index (κ2) is 7.95. The number of halogens is 1. The molecule has 3 aromatic rings. The molecular weight excluding hydrogens is 394 g/mol. The number of pyridine rings is 2. The third kappa shape index (κ3) is 3.56. The van der Waals surface area contributed by atoms with Gasteiger partial charge < -0.3 is 10.0 Å². The molecule has 0 unspecified atom stereocenters. The van der Waals surface area contributed by atoms with Gasteiger partial charge >= 0.3 is 0 Å². The quantitative estimate of drug-likeness (QED) is 0.512. The average molecular weight is 418 g/mol. The highest BCUT2D eigenvalue weighted by Gasteiger charge is 2.33. The number of nitrogens with zero attached hydrogens (tertiary/aromatic N) is 3. The van der Waals surface area contributed by atoms with Crippen LogP contribution in [-0.4, -0.2) is 39.6 Å². The summed E-state index contributed by atoms with van der Waals surface area (Å²) in [7, 11) is 0. The maximum absolute atomic E-state index is 11.1. The van der Waals surface area contributed by atoms with Crippen LogP contribution in [0.3, 0.4) is 0 Å². The summed E-state index contributed by atoms with van der Waals surface area (Å²) in [6.07, 6.45) is 8.41. The van der Waals surface area contributed by atoms with Gasteiger partial charge in [0, 0.05) is 48.2 Å². The Kier molecular flexibility index (Phi) is 5.15. The maximum atomic E-state index is 11.1. The summed E-state index contributed by atoms with van der Waals surface area (Å²) in [4.78, 5) is 11.5. The van der Waals surface area contributed by atoms with Crippen LogP contribution in [0.4, 0.5) is 0 Å². The van der Waals surface area contributed by atoms with Gasteiger partial charge in [0.2, 0.25) is 0 Å². The van der Waals surface area contributed by atoms with E-state index in [-0.39, 0.29) is 0 Å². The van der Waals surface area contributed by atoms with Crippen LogP contribution in [-0.2, 0) is 5.60 Å². The number of hydrogen-bond acceptors (Lipinski definition) is 4. The first-order valence-electron chi connectivity index (χ1n) is 10.5. The lowest BCUT2D eigenvalue weighted by atomic mass is 9.84. The summed E-state index contributed by atoms with van der Waals surface area (Å²) >= 11 is 5.99. The molecule has 1 aliphatic carbocycles. The Balaban J connectivity index is 1.25. The Morgan fingerprint density at radius 1 is 0.933 bits per heavy atom. The normalized spacial score (nSPS) is 17.5. The standard InChI is InChI=1S/C25H24ClN3O/c26-19-9-7-18(8-10-19)25(30)11-16-29(17-12-25)15-3-6-20-21-4-1-13-27-23(21)24-22(20)5-2-14-28-24/h1-2,4-10,13-14,30H,3,11-12,15-17H2. The van der Waals surface area contributed by atoms with Crippen LogP contribution in [0.15, 0.2) is 67.0 Å². The van der Waals surface area contributed by atoms with Crippen molar-refractivity contribution >= 4 is 17.2 Å². The molecule has 1 N–H and O–H groups in total. The fraction of sp³-hybridized carbons (Fsp3) is 0.280. The van der Waals surface area contributed by atoms with Crippen molar-refractivity contribution in [2.45, 2.75) is 24.9 Å². The van der Waals surface area contributed by atoms with Crippen molar-refractivity contribution < 1.29 is 5.11 Å². The van der Waals surface area contributed by atoms with Crippen LogP contribution >= 0.6 is 11.6 Å². The van der Waals surface area contributed by atoms with Crippen molar-refractivity contribution in [2.75, 3.05) is 19.6 Å². The van der Waals surface area contributed by atoms with Crippen LogP contribution in [0.5, 0.6) is 0 Å². The molecule has 4 nitrogen and oxygen atoms in total. The van der Waals surface area contributed by atoms with Crippen molar-refractivity contribution in [3.8, 4) is 11.4 Å². The van der Waals surface area contributed by atoms with Crippen molar-refractivity contribution in [3.05, 3.63) is 88.7 Å². The molecule has 0 saturated carbocycles. The zero-order valence-electron chi connectivity index (χ0n) is 16.8. The zero-order chi connectivity index (χ0) is 20.6. The van der Waals surface area contributed by atoms with Crippen molar-refractivity contribution in [3.63, 3.8) is 0 Å². The van der Waals surface area contributed by atoms with Gasteiger partial charge in [0.15, 0.2) is 0 Å². The second-order valence-electron chi connectivity index (χ2n) is 8.09. The van der Waals surface area contributed by atoms with Gasteiger partial charge in [-0.3, -0.25) is 9.97 Å². The minimum atomic E-state index is -0.750. The molecule has 0 atom stereocenters. The van der Waals surface area contributed by atoms with Gasteiger partial charge in [-0.2, -0.15) is 0 Å². The van der Waals surface area contributed by atoms with Gasteiger partial charge in [-0.25, -0.2) is 0 Å². The molecule has 30 heavy (non-hydrogen) atoms. The molecule has 0 amide bonds. The number of rotatable bonds is 4. The predicted molar refractivity (Wildman–Crippen MR) is 120 cm³/mol. The van der Waals surface area contributed by atoms with Crippen LogP contribution < -0.4 is 0 Å². The number of piperidine rings is 1. The number of fused-ring (bicyclic) bond motifs is 3. The molecule has 152 valence electrons. The smallest absolute Gasteiger partial charge is 0.0970 e. The molecule has 3 heterocycles. The van der Waals surface area contributed by atoms with Crippen LogP contribution in [0, 0.1) is 0 Å². The molecule has 0 bridgehead atoms. The van der Waals surface area contributed by atoms with Gasteiger partial charge in [-0.15, -0.1) is 0 Å². The number of benzene rings is 1. The van der Waals surface area contributed by atoms with E-state index in [4.69, 9.17) is 11.6 Å². The predicted octanol–water partition coefficient (Wildman–Crippen LogP) is 4.92. The van der Waals surface area contributed by atoms with E-state index < -0.39 is 5.60 Å². The molecule has 1 aromatic carbocycles. The molecule has 0 spiro atoms. The summed E-state index contributed by atoms with van der Waals surface area (Å²) in [6, 6.07) is 15.8. The Morgan fingerprint density at radius 3 is 2.13 bits per heavy atom. The number of likely N-dealkylation sites (tertiary alicyclic amines) is 1. The lowest BCUT2D eigenvalue weighted by Crippen LogP contribution is -2.42. The minimum absolute atomic E-state index is 0.702. The summed E-state index contributed by atoms with van der Waals surface area (Å²) in [5.74, 6) is 0. The number of aromatic nitrogens is 2. The fourth-order valence-corrected chi connectivity index (χ4v) is 4.70. The van der Waals surface area contributed by atoms with Gasteiger partial charge in [0.25, 0.3) is 0 Å². The van der Waals surface area contributed by atoms with E-state index in [1.165, 1.54) is 16.7 Å². The molecule has 5 heteroatoms. The summed E-state index contributed by atoms with van der Waals surface area (Å²) in [5.41, 5.74) is 5.74. The average Bonchev–Trinajstić information content (AvgIpc) is 3.10. The topological polar surface area (TPSA) is 49.2 Å². The lowest BCUT2D eigenvalue weighted by molar-refractivity contribution is -0.0254. The van der Waals surface area contributed by atoms with Crippen molar-refractivity contribution in [1.29, 1.82) is 0 Å². The maximum Gasteiger partial charge on any atom is 0.0970 e. The van der Waals surface area contributed by atoms with Crippen molar-refractivity contribution in [2.24, 2.45) is 0 Å². The highest BCUT2D eigenvalue weighted by molar-refractivity contribution is 6.30. The molecule has 1 fully saturated rings. The zero-order valence-corrected chi connectivity index (χ0v) is 17.5. The van der Waals surface area contributed by atoms with E-state index in [0.717, 1.165) is 55.8 Å². The third-order valence-corrected chi connectivity index (χ3v) is 6.53. The van der Waals surface area contributed by atoms with Gasteiger partial charge in [0.1, 0.15) is 0 Å². The molecular formula is C25H24ClN3O. The van der Waals surface area contributed by atoms with E-state index in [0.29, 0.717) is 5.02 Å². The van der Waals surface area contributed by atoms with Crippen molar-refractivity contribution in [1.82, 2.24) is 14.9 Å². The minimum Gasteiger partial charge on any atom is -0.385 e. The first-order chi connectivity index (χ1) is 14.6. The van der Waals surface area contributed by atoms with Gasteiger partial charge in [-0.05, 0) is 54.7 Å². The molecule has 5 rings (SSSR count). The summed E-state index contributed by atoms with van der Waals surface area (Å²) in [5, 5.41) is 11.8. The lowest BCUT2D eigenvalue weighted by Gasteiger charge is -2.38. The highest BCUT2D eigenvalue weighted by atomic mass is 35.5. The highest BCUT2D eigenvalue weighted by Crippen LogP contribution is 2.41. The largest absolute Gasteiger partial charge is 0.385 e. The van der Waals surface area contributed by atoms with Gasteiger partial charge in [0.05, 0.1) is 17.0 Å². The first kappa shape index (κ1) is 19.4.